The normalized spacial score (nSPS) is 13.9. The molecule has 3 heteroatoms. The Morgan fingerprint density at radius 3 is 2.80 bits per heavy atom. The largest absolute Gasteiger partial charge is 0.388 e. The number of aromatic nitrogens is 1. The predicted octanol–water partition coefficient (Wildman–Crippen LogP) is 2.32. The summed E-state index contributed by atoms with van der Waals surface area (Å²) in [7, 11) is 1.69. The average Bonchev–Trinajstić information content (AvgIpc) is 2.27. The number of methoxy groups -OCH3 is 1. The first-order valence-corrected chi connectivity index (χ1v) is 5.18. The summed E-state index contributed by atoms with van der Waals surface area (Å²) < 4.78 is 5.30. The van der Waals surface area contributed by atoms with Gasteiger partial charge in [0.05, 0.1) is 11.7 Å². The van der Waals surface area contributed by atoms with E-state index in [2.05, 4.69) is 4.98 Å². The van der Waals surface area contributed by atoms with E-state index >= 15 is 0 Å². The van der Waals surface area contributed by atoms with Gasteiger partial charge in [-0.1, -0.05) is 6.07 Å². The lowest BCUT2D eigenvalue weighted by Crippen LogP contribution is -2.23. The van der Waals surface area contributed by atoms with Crippen LogP contribution in [0.5, 0.6) is 0 Å². The van der Waals surface area contributed by atoms with Gasteiger partial charge >= 0.3 is 0 Å². The van der Waals surface area contributed by atoms with E-state index in [0.29, 0.717) is 6.42 Å². The van der Waals surface area contributed by atoms with Crippen LogP contribution in [0, 0.1) is 0 Å². The Morgan fingerprint density at radius 2 is 2.27 bits per heavy atom. The molecule has 0 radical (unpaired) electrons. The quantitative estimate of drug-likeness (QED) is 0.809. The number of aliphatic hydroxyl groups excluding tert-OH is 1. The highest BCUT2D eigenvalue weighted by molar-refractivity contribution is 5.11. The highest BCUT2D eigenvalue weighted by Gasteiger charge is 2.18. The van der Waals surface area contributed by atoms with Crippen LogP contribution < -0.4 is 0 Å². The molecule has 0 aliphatic rings. The number of rotatable bonds is 5. The number of aliphatic hydroxyl groups is 1. The van der Waals surface area contributed by atoms with Crippen LogP contribution in [-0.2, 0) is 4.74 Å². The third-order valence-corrected chi connectivity index (χ3v) is 2.64. The van der Waals surface area contributed by atoms with Crippen molar-refractivity contribution in [3.05, 3.63) is 30.1 Å². The van der Waals surface area contributed by atoms with Crippen molar-refractivity contribution in [2.45, 2.75) is 38.4 Å². The minimum atomic E-state index is -0.451. The minimum Gasteiger partial charge on any atom is -0.388 e. The van der Waals surface area contributed by atoms with Crippen LogP contribution in [0.1, 0.15) is 38.4 Å². The van der Waals surface area contributed by atoms with Gasteiger partial charge in [-0.3, -0.25) is 4.98 Å². The summed E-state index contributed by atoms with van der Waals surface area (Å²) in [5, 5.41) is 9.88. The van der Waals surface area contributed by atoms with E-state index in [9.17, 15) is 5.11 Å². The van der Waals surface area contributed by atoms with Gasteiger partial charge in [-0.05, 0) is 38.3 Å². The lowest BCUT2D eigenvalue weighted by Gasteiger charge is -2.24. The van der Waals surface area contributed by atoms with Crippen molar-refractivity contribution < 1.29 is 9.84 Å². The van der Waals surface area contributed by atoms with Gasteiger partial charge < -0.3 is 9.84 Å². The van der Waals surface area contributed by atoms with E-state index in [1.807, 2.05) is 26.0 Å². The zero-order valence-electron chi connectivity index (χ0n) is 9.60. The molecule has 0 aromatic carbocycles. The summed E-state index contributed by atoms with van der Waals surface area (Å²) in [5.41, 5.74) is 0.688. The molecule has 1 rings (SSSR count). The van der Waals surface area contributed by atoms with Crippen LogP contribution in [0.4, 0.5) is 0 Å². The van der Waals surface area contributed by atoms with Gasteiger partial charge in [-0.2, -0.15) is 0 Å². The van der Waals surface area contributed by atoms with E-state index in [1.54, 1.807) is 19.5 Å². The van der Waals surface area contributed by atoms with Gasteiger partial charge in [0.1, 0.15) is 0 Å². The van der Waals surface area contributed by atoms with Crippen LogP contribution in [0.3, 0.4) is 0 Å². The summed E-state index contributed by atoms with van der Waals surface area (Å²) >= 11 is 0. The maximum absolute atomic E-state index is 9.88. The van der Waals surface area contributed by atoms with Gasteiger partial charge in [-0.15, -0.1) is 0 Å². The Balaban J connectivity index is 2.47. The molecular formula is C12H19NO2. The first-order chi connectivity index (χ1) is 7.05. The molecule has 84 valence electrons. The number of pyridine rings is 1. The molecule has 1 heterocycles. The molecule has 1 atom stereocenters. The third kappa shape index (κ3) is 3.98. The highest BCUT2D eigenvalue weighted by atomic mass is 16.5. The zero-order valence-corrected chi connectivity index (χ0v) is 9.60. The Kier molecular flexibility index (Phi) is 4.24. The second-order valence-corrected chi connectivity index (χ2v) is 4.30. The summed E-state index contributed by atoms with van der Waals surface area (Å²) in [6, 6.07) is 3.72. The van der Waals surface area contributed by atoms with E-state index in [1.165, 1.54) is 0 Å². The van der Waals surface area contributed by atoms with Crippen LogP contribution in [0.2, 0.25) is 0 Å². The Hall–Kier alpha value is -0.930. The molecule has 0 aliphatic carbocycles. The summed E-state index contributed by atoms with van der Waals surface area (Å²) in [6.07, 6.45) is 4.46. The van der Waals surface area contributed by atoms with Crippen molar-refractivity contribution in [3.8, 4) is 0 Å². The van der Waals surface area contributed by atoms with Crippen molar-refractivity contribution in [2.75, 3.05) is 7.11 Å². The fraction of sp³-hybridized carbons (Fsp3) is 0.583. The van der Waals surface area contributed by atoms with Gasteiger partial charge in [0.2, 0.25) is 0 Å². The Labute approximate surface area is 91.1 Å². The Bertz CT molecular complexity index is 285. The molecule has 3 nitrogen and oxygen atoms in total. The van der Waals surface area contributed by atoms with Crippen molar-refractivity contribution in [2.24, 2.45) is 0 Å². The van der Waals surface area contributed by atoms with E-state index in [4.69, 9.17) is 4.74 Å². The molecule has 0 fully saturated rings. The zero-order chi connectivity index (χ0) is 11.3. The molecule has 0 spiro atoms. The summed E-state index contributed by atoms with van der Waals surface area (Å²) in [4.78, 5) is 3.98. The molecule has 0 amide bonds. The van der Waals surface area contributed by atoms with Crippen LogP contribution in [0.15, 0.2) is 24.5 Å². The van der Waals surface area contributed by atoms with Crippen molar-refractivity contribution in [1.82, 2.24) is 4.98 Å². The van der Waals surface area contributed by atoms with E-state index in [-0.39, 0.29) is 5.60 Å². The first kappa shape index (κ1) is 12.1. The number of ether oxygens (including phenoxy) is 1. The molecule has 1 N–H and O–H groups in total. The fourth-order valence-electron chi connectivity index (χ4n) is 1.33. The van der Waals surface area contributed by atoms with Gasteiger partial charge in [-0.25, -0.2) is 0 Å². The van der Waals surface area contributed by atoms with E-state index < -0.39 is 6.10 Å². The molecule has 0 bridgehead atoms. The number of nitrogens with zero attached hydrogens (tertiary/aromatic N) is 1. The second-order valence-electron chi connectivity index (χ2n) is 4.30. The molecule has 0 saturated carbocycles. The number of hydrogen-bond donors (Lipinski definition) is 1. The average molecular weight is 209 g/mol. The molecular weight excluding hydrogens is 190 g/mol. The van der Waals surface area contributed by atoms with Crippen LogP contribution >= 0.6 is 0 Å². The molecule has 1 unspecified atom stereocenters. The lowest BCUT2D eigenvalue weighted by molar-refractivity contribution is 0.00276. The van der Waals surface area contributed by atoms with Gasteiger partial charge in [0.25, 0.3) is 0 Å². The minimum absolute atomic E-state index is 0.177. The molecule has 15 heavy (non-hydrogen) atoms. The second kappa shape index (κ2) is 5.24. The summed E-state index contributed by atoms with van der Waals surface area (Å²) in [5.74, 6) is 0. The third-order valence-electron chi connectivity index (χ3n) is 2.64. The monoisotopic (exact) mass is 209 g/mol. The Morgan fingerprint density at radius 1 is 1.53 bits per heavy atom. The lowest BCUT2D eigenvalue weighted by atomic mass is 9.97. The summed E-state index contributed by atoms with van der Waals surface area (Å²) in [6.45, 7) is 4.03. The van der Waals surface area contributed by atoms with Gasteiger partial charge in [0, 0.05) is 19.5 Å². The topological polar surface area (TPSA) is 42.4 Å². The van der Waals surface area contributed by atoms with Crippen molar-refractivity contribution >= 4 is 0 Å². The maximum Gasteiger partial charge on any atom is 0.0806 e. The standard InChI is InChI=1S/C12H19NO2/c1-12(2,15-3)7-6-11(14)10-5-4-8-13-9-10/h4-5,8-9,11,14H,6-7H2,1-3H3. The molecule has 1 aromatic heterocycles. The number of hydrogen-bond acceptors (Lipinski definition) is 3. The van der Waals surface area contributed by atoms with Crippen LogP contribution in [-0.4, -0.2) is 22.8 Å². The predicted molar refractivity (Wildman–Crippen MR) is 59.5 cm³/mol. The van der Waals surface area contributed by atoms with Crippen LogP contribution in [0.25, 0.3) is 0 Å². The molecule has 0 aliphatic heterocycles. The highest BCUT2D eigenvalue weighted by Crippen LogP contribution is 2.23. The van der Waals surface area contributed by atoms with E-state index in [0.717, 1.165) is 12.0 Å². The van der Waals surface area contributed by atoms with Crippen molar-refractivity contribution in [1.29, 1.82) is 0 Å². The van der Waals surface area contributed by atoms with Gasteiger partial charge in [0.15, 0.2) is 0 Å². The fourth-order valence-corrected chi connectivity index (χ4v) is 1.33. The maximum atomic E-state index is 9.88. The molecule has 0 saturated heterocycles. The first-order valence-electron chi connectivity index (χ1n) is 5.18. The molecule has 1 aromatic rings. The van der Waals surface area contributed by atoms with Crippen molar-refractivity contribution in [3.63, 3.8) is 0 Å². The smallest absolute Gasteiger partial charge is 0.0806 e. The SMILES string of the molecule is COC(C)(C)CCC(O)c1cccnc1.